The standard InChI is InChI=1S/C18H16N2O5/c21-17(11-12-5-8-14(9-6-12)20(24)25)16-10-7-13-3-1-2-4-15(13)19(16)18(22)23/h1-6,8-9,16H,7,10-11H2,(H,22,23). The summed E-state index contributed by atoms with van der Waals surface area (Å²) in [5.74, 6) is -0.217. The minimum absolute atomic E-state index is 0.0363. The van der Waals surface area contributed by atoms with Crippen LogP contribution in [0.3, 0.4) is 0 Å². The van der Waals surface area contributed by atoms with E-state index >= 15 is 0 Å². The van der Waals surface area contributed by atoms with Crippen LogP contribution in [-0.4, -0.2) is 27.9 Å². The number of anilines is 1. The van der Waals surface area contributed by atoms with Gasteiger partial charge in [-0.15, -0.1) is 0 Å². The molecule has 3 rings (SSSR count). The molecule has 1 unspecified atom stereocenters. The number of carbonyl (C=O) groups excluding carboxylic acids is 1. The van der Waals surface area contributed by atoms with E-state index in [1.165, 1.54) is 24.3 Å². The summed E-state index contributed by atoms with van der Waals surface area (Å²) in [6, 6.07) is 12.1. The monoisotopic (exact) mass is 340 g/mol. The first kappa shape index (κ1) is 16.6. The zero-order chi connectivity index (χ0) is 18.0. The van der Waals surface area contributed by atoms with Crippen molar-refractivity contribution in [2.24, 2.45) is 0 Å². The van der Waals surface area contributed by atoms with E-state index in [4.69, 9.17) is 0 Å². The van der Waals surface area contributed by atoms with Gasteiger partial charge in [0.2, 0.25) is 0 Å². The number of hydrogen-bond acceptors (Lipinski definition) is 4. The Bertz CT molecular complexity index is 832. The molecule has 1 aliphatic rings. The number of aryl methyl sites for hydroxylation is 1. The Morgan fingerprint density at radius 2 is 1.84 bits per heavy atom. The van der Waals surface area contributed by atoms with Gasteiger partial charge in [-0.3, -0.25) is 19.8 Å². The molecule has 128 valence electrons. The minimum atomic E-state index is -1.16. The fourth-order valence-corrected chi connectivity index (χ4v) is 3.14. The maximum atomic E-state index is 12.7. The molecule has 1 amide bonds. The molecule has 1 atom stereocenters. The molecule has 0 aromatic heterocycles. The molecule has 2 aromatic rings. The lowest BCUT2D eigenvalue weighted by Crippen LogP contribution is -2.48. The Morgan fingerprint density at radius 1 is 1.16 bits per heavy atom. The lowest BCUT2D eigenvalue weighted by molar-refractivity contribution is -0.384. The highest BCUT2D eigenvalue weighted by atomic mass is 16.6. The lowest BCUT2D eigenvalue weighted by Gasteiger charge is -2.34. The second-order valence-electron chi connectivity index (χ2n) is 5.90. The van der Waals surface area contributed by atoms with Crippen LogP contribution in [0.15, 0.2) is 48.5 Å². The first-order valence-corrected chi connectivity index (χ1v) is 7.83. The van der Waals surface area contributed by atoms with Crippen LogP contribution in [-0.2, 0) is 17.6 Å². The number of Topliss-reactive ketones (excluding diaryl/α,β-unsaturated/α-hetero) is 1. The number of carbonyl (C=O) groups is 2. The second-order valence-corrected chi connectivity index (χ2v) is 5.90. The third kappa shape index (κ3) is 3.35. The Balaban J connectivity index is 1.81. The van der Waals surface area contributed by atoms with Gasteiger partial charge in [-0.25, -0.2) is 4.79 Å². The van der Waals surface area contributed by atoms with Crippen LogP contribution in [0, 0.1) is 10.1 Å². The number of nitro groups is 1. The first-order valence-electron chi connectivity index (χ1n) is 7.83. The highest BCUT2D eigenvalue weighted by Crippen LogP contribution is 2.31. The third-order valence-corrected chi connectivity index (χ3v) is 4.35. The normalized spacial score (nSPS) is 16.2. The number of carboxylic acid groups (broad SMARTS) is 1. The number of nitro benzene ring substituents is 1. The predicted octanol–water partition coefficient (Wildman–Crippen LogP) is 3.21. The molecule has 0 saturated heterocycles. The summed E-state index contributed by atoms with van der Waals surface area (Å²) in [5.41, 5.74) is 2.03. The van der Waals surface area contributed by atoms with E-state index in [2.05, 4.69) is 0 Å². The molecule has 0 radical (unpaired) electrons. The van der Waals surface area contributed by atoms with Gasteiger partial charge < -0.3 is 5.11 Å². The van der Waals surface area contributed by atoms with E-state index in [-0.39, 0.29) is 17.9 Å². The number of hydrogen-bond donors (Lipinski definition) is 1. The highest BCUT2D eigenvalue weighted by Gasteiger charge is 2.35. The molecule has 1 N–H and O–H groups in total. The molecule has 2 aromatic carbocycles. The highest BCUT2D eigenvalue weighted by molar-refractivity contribution is 5.99. The molecule has 1 aliphatic heterocycles. The number of para-hydroxylation sites is 1. The van der Waals surface area contributed by atoms with E-state index in [9.17, 15) is 24.8 Å². The average Bonchev–Trinajstić information content (AvgIpc) is 2.60. The number of rotatable bonds is 4. The summed E-state index contributed by atoms with van der Waals surface area (Å²) in [5, 5.41) is 20.2. The van der Waals surface area contributed by atoms with E-state index in [0.29, 0.717) is 24.1 Å². The third-order valence-electron chi connectivity index (χ3n) is 4.35. The number of amides is 1. The fourth-order valence-electron chi connectivity index (χ4n) is 3.14. The van der Waals surface area contributed by atoms with Crippen LogP contribution in [0.4, 0.5) is 16.2 Å². The van der Waals surface area contributed by atoms with Crippen LogP contribution in [0.25, 0.3) is 0 Å². The quantitative estimate of drug-likeness (QED) is 0.680. The van der Waals surface area contributed by atoms with Crippen molar-refractivity contribution in [3.8, 4) is 0 Å². The Hall–Kier alpha value is -3.22. The summed E-state index contributed by atoms with van der Waals surface area (Å²) >= 11 is 0. The maximum Gasteiger partial charge on any atom is 0.412 e. The molecule has 1 heterocycles. The molecule has 7 nitrogen and oxygen atoms in total. The van der Waals surface area contributed by atoms with Gasteiger partial charge in [0.1, 0.15) is 0 Å². The van der Waals surface area contributed by atoms with Crippen molar-refractivity contribution in [1.29, 1.82) is 0 Å². The Labute approximate surface area is 143 Å². The van der Waals surface area contributed by atoms with Crippen LogP contribution in [0.2, 0.25) is 0 Å². The second kappa shape index (κ2) is 6.72. The molecular weight excluding hydrogens is 324 g/mol. The number of non-ortho nitro benzene ring substituents is 1. The number of ketones is 1. The Morgan fingerprint density at radius 3 is 2.48 bits per heavy atom. The summed E-state index contributed by atoms with van der Waals surface area (Å²) in [6.45, 7) is 0. The minimum Gasteiger partial charge on any atom is -0.465 e. The van der Waals surface area contributed by atoms with Gasteiger partial charge in [0.15, 0.2) is 5.78 Å². The van der Waals surface area contributed by atoms with Crippen molar-refractivity contribution in [2.45, 2.75) is 25.3 Å². The molecule has 0 fully saturated rings. The summed E-state index contributed by atoms with van der Waals surface area (Å²) in [6.07, 6.45) is -0.0606. The van der Waals surface area contributed by atoms with Crippen LogP contribution in [0.5, 0.6) is 0 Å². The van der Waals surface area contributed by atoms with E-state index in [1.54, 1.807) is 12.1 Å². The van der Waals surface area contributed by atoms with Gasteiger partial charge in [0.05, 0.1) is 16.7 Å². The topological polar surface area (TPSA) is 101 Å². The molecule has 0 spiro atoms. The summed E-state index contributed by atoms with van der Waals surface area (Å²) < 4.78 is 0. The van der Waals surface area contributed by atoms with Gasteiger partial charge in [-0.2, -0.15) is 0 Å². The van der Waals surface area contributed by atoms with Crippen molar-refractivity contribution >= 4 is 23.3 Å². The molecule has 7 heteroatoms. The van der Waals surface area contributed by atoms with Gasteiger partial charge in [-0.05, 0) is 30.0 Å². The average molecular weight is 340 g/mol. The molecular formula is C18H16N2O5. The van der Waals surface area contributed by atoms with E-state index < -0.39 is 17.1 Å². The van der Waals surface area contributed by atoms with Crippen molar-refractivity contribution in [3.05, 3.63) is 69.8 Å². The van der Waals surface area contributed by atoms with Crippen LogP contribution >= 0.6 is 0 Å². The number of benzene rings is 2. The molecule has 0 saturated carbocycles. The van der Waals surface area contributed by atoms with E-state index in [0.717, 1.165) is 10.5 Å². The van der Waals surface area contributed by atoms with Crippen molar-refractivity contribution < 1.29 is 19.6 Å². The smallest absolute Gasteiger partial charge is 0.412 e. The zero-order valence-electron chi connectivity index (χ0n) is 13.3. The number of nitrogens with zero attached hydrogens (tertiary/aromatic N) is 2. The van der Waals surface area contributed by atoms with E-state index in [1.807, 2.05) is 12.1 Å². The summed E-state index contributed by atoms with van der Waals surface area (Å²) in [7, 11) is 0. The molecule has 0 aliphatic carbocycles. The predicted molar refractivity (Wildman–Crippen MR) is 90.9 cm³/mol. The van der Waals surface area contributed by atoms with Crippen molar-refractivity contribution in [2.75, 3.05) is 4.90 Å². The van der Waals surface area contributed by atoms with Crippen LogP contribution < -0.4 is 4.90 Å². The van der Waals surface area contributed by atoms with Gasteiger partial charge >= 0.3 is 6.09 Å². The first-order chi connectivity index (χ1) is 12.0. The summed E-state index contributed by atoms with van der Waals surface area (Å²) in [4.78, 5) is 35.7. The SMILES string of the molecule is O=C(Cc1ccc([N+](=O)[O-])cc1)C1CCc2ccccc2N1C(=O)O. The molecule has 25 heavy (non-hydrogen) atoms. The molecule has 0 bridgehead atoms. The maximum absolute atomic E-state index is 12.7. The zero-order valence-corrected chi connectivity index (χ0v) is 13.3. The fraction of sp³-hybridized carbons (Fsp3) is 0.222. The number of fused-ring (bicyclic) bond motifs is 1. The van der Waals surface area contributed by atoms with Gasteiger partial charge in [0.25, 0.3) is 5.69 Å². The lowest BCUT2D eigenvalue weighted by atomic mass is 9.91. The van der Waals surface area contributed by atoms with Crippen LogP contribution in [0.1, 0.15) is 17.5 Å². The van der Waals surface area contributed by atoms with Gasteiger partial charge in [0, 0.05) is 18.6 Å². The van der Waals surface area contributed by atoms with Crippen molar-refractivity contribution in [1.82, 2.24) is 0 Å². The van der Waals surface area contributed by atoms with Gasteiger partial charge in [-0.1, -0.05) is 30.3 Å². The largest absolute Gasteiger partial charge is 0.465 e. The Kier molecular flexibility index (Phi) is 4.47. The van der Waals surface area contributed by atoms with Crippen molar-refractivity contribution in [3.63, 3.8) is 0 Å².